The fraction of sp³-hybridized carbons (Fsp3) is 0.400. The number of aryl methyl sites for hydroxylation is 1. The summed E-state index contributed by atoms with van der Waals surface area (Å²) in [6, 6.07) is 3.55. The van der Waals surface area contributed by atoms with Crippen molar-refractivity contribution >= 4 is 5.78 Å². The molecule has 1 heterocycles. The Bertz CT molecular complexity index is 535. The zero-order valence-electron chi connectivity index (χ0n) is 10.9. The van der Waals surface area contributed by atoms with Gasteiger partial charge in [0, 0.05) is 6.07 Å². The van der Waals surface area contributed by atoms with Crippen molar-refractivity contribution in [2.24, 2.45) is 0 Å². The Morgan fingerprint density at radius 2 is 2.22 bits per heavy atom. The van der Waals surface area contributed by atoms with E-state index in [1.807, 2.05) is 26.8 Å². The molecule has 0 N–H and O–H groups in total. The topological polar surface area (TPSA) is 35.5 Å². The Balaban J connectivity index is 2.43. The van der Waals surface area contributed by atoms with E-state index in [0.29, 0.717) is 23.5 Å². The van der Waals surface area contributed by atoms with Gasteiger partial charge in [-0.25, -0.2) is 0 Å². The number of benzene rings is 1. The van der Waals surface area contributed by atoms with Gasteiger partial charge >= 0.3 is 0 Å². The predicted octanol–water partition coefficient (Wildman–Crippen LogP) is 2.75. The van der Waals surface area contributed by atoms with Crippen LogP contribution in [0.2, 0.25) is 0 Å². The summed E-state index contributed by atoms with van der Waals surface area (Å²) >= 11 is 0. The third kappa shape index (κ3) is 2.33. The first-order valence-corrected chi connectivity index (χ1v) is 5.86. The summed E-state index contributed by atoms with van der Waals surface area (Å²) in [7, 11) is 0. The molecule has 1 aliphatic rings. The van der Waals surface area contributed by atoms with Crippen molar-refractivity contribution in [3.8, 4) is 23.8 Å². The molecule has 0 radical (unpaired) electrons. The lowest BCUT2D eigenvalue weighted by Gasteiger charge is -2.32. The Hall–Kier alpha value is -1.95. The Labute approximate surface area is 107 Å². The van der Waals surface area contributed by atoms with Crippen molar-refractivity contribution in [2.45, 2.75) is 32.8 Å². The standard InChI is InChI=1S/C15H16O3/c1-5-6-17-11-7-10(2)14-12(16)9-15(3,4)18-13(14)8-11/h1,7-8H,6,9H2,2-4H3. The predicted molar refractivity (Wildman–Crippen MR) is 69.2 cm³/mol. The largest absolute Gasteiger partial charge is 0.486 e. The van der Waals surface area contributed by atoms with E-state index in [2.05, 4.69) is 5.92 Å². The van der Waals surface area contributed by atoms with E-state index in [1.54, 1.807) is 6.07 Å². The molecule has 1 aromatic carbocycles. The lowest BCUT2D eigenvalue weighted by molar-refractivity contribution is 0.0617. The van der Waals surface area contributed by atoms with Crippen LogP contribution in [0.1, 0.15) is 36.2 Å². The minimum absolute atomic E-state index is 0.113. The number of carbonyl (C=O) groups excluding carboxylic acids is 1. The van der Waals surface area contributed by atoms with Crippen LogP contribution >= 0.6 is 0 Å². The molecule has 1 aromatic rings. The van der Waals surface area contributed by atoms with Gasteiger partial charge in [0.05, 0.1) is 12.0 Å². The maximum Gasteiger partial charge on any atom is 0.170 e. The fourth-order valence-electron chi connectivity index (χ4n) is 2.18. The van der Waals surface area contributed by atoms with Gasteiger partial charge in [0.1, 0.15) is 23.7 Å². The van der Waals surface area contributed by atoms with Crippen LogP contribution < -0.4 is 9.47 Å². The molecule has 0 aromatic heterocycles. The van der Waals surface area contributed by atoms with E-state index in [0.717, 1.165) is 5.56 Å². The normalized spacial score (nSPS) is 16.4. The van der Waals surface area contributed by atoms with Gasteiger partial charge < -0.3 is 9.47 Å². The summed E-state index contributed by atoms with van der Waals surface area (Å²) in [5.74, 6) is 3.74. The molecule has 1 aliphatic heterocycles. The number of Topliss-reactive ketones (excluding diaryl/α,β-unsaturated/α-hetero) is 1. The highest BCUT2D eigenvalue weighted by atomic mass is 16.5. The number of hydrogen-bond acceptors (Lipinski definition) is 3. The zero-order chi connectivity index (χ0) is 13.3. The number of terminal acetylenes is 1. The first-order chi connectivity index (χ1) is 8.43. The highest BCUT2D eigenvalue weighted by Crippen LogP contribution is 2.37. The van der Waals surface area contributed by atoms with E-state index >= 15 is 0 Å². The second kappa shape index (κ2) is 4.38. The van der Waals surface area contributed by atoms with Crippen LogP contribution in [0.5, 0.6) is 11.5 Å². The van der Waals surface area contributed by atoms with Gasteiger partial charge in [-0.2, -0.15) is 0 Å². The molecular weight excluding hydrogens is 228 g/mol. The molecule has 0 saturated carbocycles. The van der Waals surface area contributed by atoms with E-state index in [1.165, 1.54) is 0 Å². The molecule has 0 spiro atoms. The van der Waals surface area contributed by atoms with Crippen molar-refractivity contribution in [2.75, 3.05) is 6.61 Å². The fourth-order valence-corrected chi connectivity index (χ4v) is 2.18. The maximum absolute atomic E-state index is 12.1. The molecule has 18 heavy (non-hydrogen) atoms. The van der Waals surface area contributed by atoms with Gasteiger partial charge in [-0.05, 0) is 32.4 Å². The molecule has 0 amide bonds. The highest BCUT2D eigenvalue weighted by Gasteiger charge is 2.33. The van der Waals surface area contributed by atoms with Gasteiger partial charge in [-0.15, -0.1) is 6.42 Å². The molecule has 0 bridgehead atoms. The molecule has 0 saturated heterocycles. The minimum Gasteiger partial charge on any atom is -0.486 e. The van der Waals surface area contributed by atoms with Crippen LogP contribution in [0.3, 0.4) is 0 Å². The molecular formula is C15H16O3. The third-order valence-corrected chi connectivity index (χ3v) is 2.85. The van der Waals surface area contributed by atoms with Gasteiger partial charge in [-0.1, -0.05) is 5.92 Å². The summed E-state index contributed by atoms with van der Waals surface area (Å²) < 4.78 is 11.2. The monoisotopic (exact) mass is 244 g/mol. The molecule has 3 nitrogen and oxygen atoms in total. The summed E-state index contributed by atoms with van der Waals surface area (Å²) in [5.41, 5.74) is 1.05. The number of ether oxygens (including phenoxy) is 2. The molecule has 0 fully saturated rings. The minimum atomic E-state index is -0.471. The Morgan fingerprint density at radius 3 is 2.89 bits per heavy atom. The summed E-state index contributed by atoms with van der Waals surface area (Å²) in [6.45, 7) is 5.88. The molecule has 0 unspecified atom stereocenters. The van der Waals surface area contributed by atoms with Crippen LogP contribution in [0.4, 0.5) is 0 Å². The third-order valence-electron chi connectivity index (χ3n) is 2.85. The van der Waals surface area contributed by atoms with Crippen LogP contribution in [0.15, 0.2) is 12.1 Å². The smallest absolute Gasteiger partial charge is 0.170 e. The van der Waals surface area contributed by atoms with Crippen molar-refractivity contribution in [1.82, 2.24) is 0 Å². The van der Waals surface area contributed by atoms with Crippen LogP contribution in [0.25, 0.3) is 0 Å². The highest BCUT2D eigenvalue weighted by molar-refractivity contribution is 6.01. The number of hydrogen-bond donors (Lipinski definition) is 0. The van der Waals surface area contributed by atoms with Gasteiger partial charge in [0.2, 0.25) is 0 Å². The van der Waals surface area contributed by atoms with Gasteiger partial charge in [0.15, 0.2) is 5.78 Å². The summed E-state index contributed by atoms with van der Waals surface area (Å²) in [6.07, 6.45) is 5.55. The number of rotatable bonds is 2. The van der Waals surface area contributed by atoms with Gasteiger partial charge in [-0.3, -0.25) is 4.79 Å². The lowest BCUT2D eigenvalue weighted by Crippen LogP contribution is -2.36. The van der Waals surface area contributed by atoms with E-state index < -0.39 is 5.60 Å². The van der Waals surface area contributed by atoms with Crippen molar-refractivity contribution < 1.29 is 14.3 Å². The molecule has 3 heteroatoms. The zero-order valence-corrected chi connectivity index (χ0v) is 10.9. The quantitative estimate of drug-likeness (QED) is 0.750. The second-order valence-electron chi connectivity index (χ2n) is 5.07. The average molecular weight is 244 g/mol. The first-order valence-electron chi connectivity index (χ1n) is 5.86. The van der Waals surface area contributed by atoms with E-state index in [-0.39, 0.29) is 12.4 Å². The average Bonchev–Trinajstić information content (AvgIpc) is 2.23. The second-order valence-corrected chi connectivity index (χ2v) is 5.07. The number of ketones is 1. The maximum atomic E-state index is 12.1. The van der Waals surface area contributed by atoms with Crippen LogP contribution in [-0.4, -0.2) is 18.0 Å². The lowest BCUT2D eigenvalue weighted by atomic mass is 9.90. The van der Waals surface area contributed by atoms with E-state index in [9.17, 15) is 4.79 Å². The molecule has 2 rings (SSSR count). The number of carbonyl (C=O) groups is 1. The van der Waals surface area contributed by atoms with E-state index in [4.69, 9.17) is 15.9 Å². The molecule has 0 atom stereocenters. The van der Waals surface area contributed by atoms with Crippen molar-refractivity contribution in [1.29, 1.82) is 0 Å². The first kappa shape index (κ1) is 12.5. The summed E-state index contributed by atoms with van der Waals surface area (Å²) in [4.78, 5) is 12.1. The Morgan fingerprint density at radius 1 is 1.50 bits per heavy atom. The van der Waals surface area contributed by atoms with Crippen molar-refractivity contribution in [3.05, 3.63) is 23.3 Å². The summed E-state index contributed by atoms with van der Waals surface area (Å²) in [5, 5.41) is 0. The molecule has 0 aliphatic carbocycles. The van der Waals surface area contributed by atoms with Crippen molar-refractivity contribution in [3.63, 3.8) is 0 Å². The molecule has 94 valence electrons. The van der Waals surface area contributed by atoms with Crippen LogP contribution in [0, 0.1) is 19.3 Å². The SMILES string of the molecule is C#CCOc1cc(C)c2c(c1)OC(C)(C)CC2=O. The Kier molecular flexibility index (Phi) is 3.04. The van der Waals surface area contributed by atoms with Gasteiger partial charge in [0.25, 0.3) is 0 Å². The van der Waals surface area contributed by atoms with Crippen LogP contribution in [-0.2, 0) is 0 Å². The number of fused-ring (bicyclic) bond motifs is 1.